The number of carbonyl (C=O) groups excluding carboxylic acids is 1. The van der Waals surface area contributed by atoms with Gasteiger partial charge in [0, 0.05) is 23.5 Å². The fraction of sp³-hybridized carbons (Fsp3) is 0.462. The zero-order valence-corrected chi connectivity index (χ0v) is 11.5. The number of rotatable bonds is 4. The summed E-state index contributed by atoms with van der Waals surface area (Å²) in [6.07, 6.45) is 1.14. The molecule has 1 N–H and O–H groups in total. The molecule has 1 aromatic rings. The fourth-order valence-corrected chi connectivity index (χ4v) is 1.99. The van der Waals surface area contributed by atoms with E-state index in [-0.39, 0.29) is 18.3 Å². The van der Waals surface area contributed by atoms with Crippen molar-refractivity contribution in [2.75, 3.05) is 5.01 Å². The summed E-state index contributed by atoms with van der Waals surface area (Å²) in [6, 6.07) is 1.81. The molecule has 0 spiro atoms. The highest BCUT2D eigenvalue weighted by Crippen LogP contribution is 2.18. The van der Waals surface area contributed by atoms with Crippen molar-refractivity contribution in [3.8, 4) is 0 Å². The van der Waals surface area contributed by atoms with E-state index in [2.05, 4.69) is 15.1 Å². The Labute approximate surface area is 116 Å². The van der Waals surface area contributed by atoms with Crippen LogP contribution < -0.4 is 5.01 Å². The minimum Gasteiger partial charge on any atom is -0.481 e. The lowest BCUT2D eigenvalue weighted by atomic mass is 10.1. The first-order valence-corrected chi connectivity index (χ1v) is 6.39. The van der Waals surface area contributed by atoms with Gasteiger partial charge in [-0.15, -0.1) is 0 Å². The van der Waals surface area contributed by atoms with Gasteiger partial charge in [-0.25, -0.2) is 9.97 Å². The molecule has 1 aromatic heterocycles. The lowest BCUT2D eigenvalue weighted by molar-refractivity contribution is -0.136. The molecular weight excluding hydrogens is 260 g/mol. The Balaban J connectivity index is 2.25. The van der Waals surface area contributed by atoms with E-state index in [1.807, 2.05) is 19.9 Å². The Morgan fingerprint density at radius 1 is 1.30 bits per heavy atom. The van der Waals surface area contributed by atoms with Gasteiger partial charge in [0.15, 0.2) is 0 Å². The van der Waals surface area contributed by atoms with Gasteiger partial charge in [-0.1, -0.05) is 0 Å². The molecule has 106 valence electrons. The topological polar surface area (TPSA) is 95.8 Å². The maximum Gasteiger partial charge on any atom is 0.303 e. The third-order valence-electron chi connectivity index (χ3n) is 2.89. The summed E-state index contributed by atoms with van der Waals surface area (Å²) in [5.41, 5.74) is 2.20. The molecule has 0 saturated heterocycles. The van der Waals surface area contributed by atoms with Crippen LogP contribution in [0.25, 0.3) is 0 Å². The van der Waals surface area contributed by atoms with Crippen LogP contribution in [-0.4, -0.2) is 32.7 Å². The summed E-state index contributed by atoms with van der Waals surface area (Å²) in [7, 11) is 0. The number of hydrogen-bond donors (Lipinski definition) is 1. The van der Waals surface area contributed by atoms with E-state index in [9.17, 15) is 9.59 Å². The molecule has 0 unspecified atom stereocenters. The minimum absolute atomic E-state index is 0.00850. The molecule has 7 nitrogen and oxygen atoms in total. The quantitative estimate of drug-likeness (QED) is 0.897. The summed E-state index contributed by atoms with van der Waals surface area (Å²) < 4.78 is 0. The van der Waals surface area contributed by atoms with Crippen LogP contribution in [0.5, 0.6) is 0 Å². The van der Waals surface area contributed by atoms with E-state index in [4.69, 9.17) is 5.11 Å². The van der Waals surface area contributed by atoms with Crippen LogP contribution in [0.3, 0.4) is 0 Å². The van der Waals surface area contributed by atoms with E-state index in [0.717, 1.165) is 11.4 Å². The van der Waals surface area contributed by atoms with Crippen LogP contribution in [-0.2, 0) is 9.59 Å². The van der Waals surface area contributed by atoms with Crippen molar-refractivity contribution in [2.24, 2.45) is 5.10 Å². The van der Waals surface area contributed by atoms with Crippen molar-refractivity contribution in [1.29, 1.82) is 0 Å². The average Bonchev–Trinajstić information content (AvgIpc) is 2.36. The average molecular weight is 276 g/mol. The predicted molar refractivity (Wildman–Crippen MR) is 72.5 cm³/mol. The summed E-state index contributed by atoms with van der Waals surface area (Å²) in [4.78, 5) is 30.9. The molecule has 1 aliphatic heterocycles. The van der Waals surface area contributed by atoms with E-state index in [1.54, 1.807) is 0 Å². The Morgan fingerprint density at radius 2 is 1.95 bits per heavy atom. The molecule has 0 aliphatic carbocycles. The van der Waals surface area contributed by atoms with E-state index >= 15 is 0 Å². The van der Waals surface area contributed by atoms with Crippen molar-refractivity contribution in [3.63, 3.8) is 0 Å². The zero-order valence-electron chi connectivity index (χ0n) is 11.5. The Bertz CT molecular complexity index is 563. The van der Waals surface area contributed by atoms with Gasteiger partial charge in [0.25, 0.3) is 5.95 Å². The molecule has 2 rings (SSSR count). The Kier molecular flexibility index (Phi) is 4.07. The molecule has 0 fully saturated rings. The molecule has 7 heteroatoms. The third kappa shape index (κ3) is 3.37. The number of anilines is 1. The normalized spacial score (nSPS) is 15.2. The molecule has 0 radical (unpaired) electrons. The SMILES string of the molecule is Cc1cc(C)nc(N2N=C(CCC(=O)O)CCC2=O)n1. The fourth-order valence-electron chi connectivity index (χ4n) is 1.99. The van der Waals surface area contributed by atoms with Crippen LogP contribution >= 0.6 is 0 Å². The highest BCUT2D eigenvalue weighted by molar-refractivity contribution is 6.01. The molecule has 0 bridgehead atoms. The predicted octanol–water partition coefficient (Wildman–Crippen LogP) is 1.44. The first-order chi connectivity index (χ1) is 9.45. The smallest absolute Gasteiger partial charge is 0.303 e. The molecule has 1 aliphatic rings. The van der Waals surface area contributed by atoms with Crippen molar-refractivity contribution in [1.82, 2.24) is 9.97 Å². The Morgan fingerprint density at radius 3 is 2.55 bits per heavy atom. The number of aliphatic carboxylic acids is 1. The summed E-state index contributed by atoms with van der Waals surface area (Å²) in [5.74, 6) is -0.798. The van der Waals surface area contributed by atoms with E-state index < -0.39 is 5.97 Å². The number of carboxylic acids is 1. The van der Waals surface area contributed by atoms with Crippen molar-refractivity contribution in [3.05, 3.63) is 17.5 Å². The van der Waals surface area contributed by atoms with Gasteiger partial charge < -0.3 is 5.11 Å². The number of aromatic nitrogens is 2. The number of nitrogens with zero attached hydrogens (tertiary/aromatic N) is 4. The third-order valence-corrected chi connectivity index (χ3v) is 2.89. The molecule has 20 heavy (non-hydrogen) atoms. The van der Waals surface area contributed by atoms with Crippen LogP contribution in [0.1, 0.15) is 37.1 Å². The minimum atomic E-state index is -0.876. The largest absolute Gasteiger partial charge is 0.481 e. The van der Waals surface area contributed by atoms with E-state index in [1.165, 1.54) is 5.01 Å². The van der Waals surface area contributed by atoms with Crippen LogP contribution in [0, 0.1) is 13.8 Å². The molecule has 1 amide bonds. The van der Waals surface area contributed by atoms with Gasteiger partial charge in [-0.2, -0.15) is 10.1 Å². The second-order valence-electron chi connectivity index (χ2n) is 4.72. The lowest BCUT2D eigenvalue weighted by Gasteiger charge is -2.22. The summed E-state index contributed by atoms with van der Waals surface area (Å²) in [5, 5.41) is 14.1. The maximum absolute atomic E-state index is 11.9. The first-order valence-electron chi connectivity index (χ1n) is 6.39. The summed E-state index contributed by atoms with van der Waals surface area (Å²) >= 11 is 0. The second-order valence-corrected chi connectivity index (χ2v) is 4.72. The molecular formula is C13H16N4O3. The summed E-state index contributed by atoms with van der Waals surface area (Å²) in [6.45, 7) is 3.64. The van der Waals surface area contributed by atoms with Crippen LogP contribution in [0.4, 0.5) is 5.95 Å². The molecule has 2 heterocycles. The Hall–Kier alpha value is -2.31. The van der Waals surface area contributed by atoms with Crippen molar-refractivity contribution in [2.45, 2.75) is 39.5 Å². The number of carboxylic acid groups (broad SMARTS) is 1. The highest BCUT2D eigenvalue weighted by atomic mass is 16.4. The van der Waals surface area contributed by atoms with Gasteiger partial charge >= 0.3 is 5.97 Å². The van der Waals surface area contributed by atoms with Crippen LogP contribution in [0.2, 0.25) is 0 Å². The van der Waals surface area contributed by atoms with Gasteiger partial charge in [0.05, 0.1) is 6.42 Å². The lowest BCUT2D eigenvalue weighted by Crippen LogP contribution is -2.33. The van der Waals surface area contributed by atoms with Crippen molar-refractivity contribution < 1.29 is 14.7 Å². The van der Waals surface area contributed by atoms with Gasteiger partial charge in [-0.3, -0.25) is 9.59 Å². The number of aryl methyl sites for hydroxylation is 2. The number of hydrazone groups is 1. The number of hydrogen-bond acceptors (Lipinski definition) is 5. The zero-order chi connectivity index (χ0) is 14.7. The monoisotopic (exact) mass is 276 g/mol. The maximum atomic E-state index is 11.9. The number of amides is 1. The highest BCUT2D eigenvalue weighted by Gasteiger charge is 2.24. The second kappa shape index (κ2) is 5.77. The standard InChI is InChI=1S/C13H16N4O3/c1-8-7-9(2)15-13(14-8)17-11(18)5-3-10(16-17)4-6-12(19)20/h7H,3-6H2,1-2H3,(H,19,20). The van der Waals surface area contributed by atoms with E-state index in [0.29, 0.717) is 25.0 Å². The van der Waals surface area contributed by atoms with Gasteiger partial charge in [0.2, 0.25) is 5.91 Å². The van der Waals surface area contributed by atoms with Gasteiger partial charge in [-0.05, 0) is 32.8 Å². The molecule has 0 atom stereocenters. The molecule has 0 saturated carbocycles. The van der Waals surface area contributed by atoms with Gasteiger partial charge in [0.1, 0.15) is 0 Å². The molecule has 0 aromatic carbocycles. The van der Waals surface area contributed by atoms with Crippen LogP contribution in [0.15, 0.2) is 11.2 Å². The van der Waals surface area contributed by atoms with Crippen molar-refractivity contribution >= 4 is 23.5 Å². The first kappa shape index (κ1) is 14.1. The number of carbonyl (C=O) groups is 2.